The highest BCUT2D eigenvalue weighted by Crippen LogP contribution is 2.18. The maximum atomic E-state index is 11.8. The first kappa shape index (κ1) is 16.5. The molecule has 0 saturated carbocycles. The van der Waals surface area contributed by atoms with Crippen LogP contribution >= 0.6 is 0 Å². The van der Waals surface area contributed by atoms with Gasteiger partial charge in [-0.2, -0.15) is 0 Å². The summed E-state index contributed by atoms with van der Waals surface area (Å²) in [5, 5.41) is 3.85. The number of aromatic nitrogens is 1. The molecule has 2 rings (SSSR count). The molecule has 1 aromatic carbocycles. The molecule has 1 aromatic heterocycles. The van der Waals surface area contributed by atoms with Crippen LogP contribution in [0.25, 0.3) is 0 Å². The molecule has 0 aliphatic carbocycles. The van der Waals surface area contributed by atoms with Crippen LogP contribution in [0, 0.1) is 13.8 Å². The molecule has 0 bridgehead atoms. The lowest BCUT2D eigenvalue weighted by atomic mass is 10.2. The minimum absolute atomic E-state index is 0.308. The van der Waals surface area contributed by atoms with Crippen molar-refractivity contribution in [2.75, 3.05) is 0 Å². The fourth-order valence-electron chi connectivity index (χ4n) is 1.84. The molecule has 7 heteroatoms. The minimum Gasteiger partial charge on any atom is -0.489 e. The van der Waals surface area contributed by atoms with Crippen molar-refractivity contribution in [3.63, 3.8) is 0 Å². The van der Waals surface area contributed by atoms with Gasteiger partial charge in [-0.1, -0.05) is 5.16 Å². The number of carbonyl (C=O) groups is 2. The summed E-state index contributed by atoms with van der Waals surface area (Å²) in [7, 11) is 0. The number of esters is 1. The summed E-state index contributed by atoms with van der Waals surface area (Å²) in [6.45, 7) is 5.40. The van der Waals surface area contributed by atoms with Gasteiger partial charge < -0.3 is 19.7 Å². The van der Waals surface area contributed by atoms with E-state index in [9.17, 15) is 9.59 Å². The third-order valence-corrected chi connectivity index (χ3v) is 3.34. The van der Waals surface area contributed by atoms with Crippen molar-refractivity contribution in [3.8, 4) is 5.75 Å². The van der Waals surface area contributed by atoms with Gasteiger partial charge >= 0.3 is 5.97 Å². The standard InChI is InChI=1S/C16H18N2O5/c1-9-14(10(2)23-18-9)8-21-13-6-4-12(5-7-13)16(20)22-11(3)15(17)19/h4-7,11H,8H2,1-3H3,(H2,17,19)/t11-/m1/s1. The summed E-state index contributed by atoms with van der Waals surface area (Å²) < 4.78 is 15.6. The number of nitrogens with zero attached hydrogens (tertiary/aromatic N) is 1. The molecule has 0 fully saturated rings. The van der Waals surface area contributed by atoms with E-state index >= 15 is 0 Å². The van der Waals surface area contributed by atoms with Gasteiger partial charge in [-0.05, 0) is 45.0 Å². The van der Waals surface area contributed by atoms with Crippen molar-refractivity contribution in [3.05, 3.63) is 46.8 Å². The molecule has 7 nitrogen and oxygen atoms in total. The molecule has 0 unspecified atom stereocenters. The number of primary amides is 1. The van der Waals surface area contributed by atoms with E-state index in [2.05, 4.69) is 5.16 Å². The third-order valence-electron chi connectivity index (χ3n) is 3.34. The average Bonchev–Trinajstić information content (AvgIpc) is 2.84. The van der Waals surface area contributed by atoms with Crippen LogP contribution in [0.1, 0.15) is 34.3 Å². The van der Waals surface area contributed by atoms with Crippen LogP contribution in [0.4, 0.5) is 0 Å². The van der Waals surface area contributed by atoms with Crippen molar-refractivity contribution in [2.24, 2.45) is 5.73 Å². The second-order valence-electron chi connectivity index (χ2n) is 5.07. The molecule has 2 N–H and O–H groups in total. The number of benzene rings is 1. The predicted octanol–water partition coefficient (Wildman–Crippen LogP) is 1.90. The smallest absolute Gasteiger partial charge is 0.338 e. The van der Waals surface area contributed by atoms with Crippen LogP contribution < -0.4 is 10.5 Å². The molecule has 0 aliphatic rings. The number of ether oxygens (including phenoxy) is 2. The highest BCUT2D eigenvalue weighted by Gasteiger charge is 2.16. The summed E-state index contributed by atoms with van der Waals surface area (Å²) in [5.74, 6) is -0.0148. The van der Waals surface area contributed by atoms with Gasteiger partial charge in [-0.25, -0.2) is 4.79 Å². The van der Waals surface area contributed by atoms with Gasteiger partial charge in [0.15, 0.2) is 6.10 Å². The number of hydrogen-bond donors (Lipinski definition) is 1. The van der Waals surface area contributed by atoms with Gasteiger partial charge in [0.1, 0.15) is 18.1 Å². The van der Waals surface area contributed by atoms with Crippen molar-refractivity contribution in [2.45, 2.75) is 33.5 Å². The Labute approximate surface area is 133 Å². The first-order chi connectivity index (χ1) is 10.9. The number of rotatable bonds is 6. The van der Waals surface area contributed by atoms with Gasteiger partial charge in [0.2, 0.25) is 0 Å². The Kier molecular flexibility index (Phi) is 5.00. The van der Waals surface area contributed by atoms with Crippen LogP contribution in [-0.2, 0) is 16.1 Å². The monoisotopic (exact) mass is 318 g/mol. The van der Waals surface area contributed by atoms with E-state index in [0.717, 1.165) is 11.3 Å². The van der Waals surface area contributed by atoms with Crippen LogP contribution in [0.2, 0.25) is 0 Å². The first-order valence-corrected chi connectivity index (χ1v) is 7.03. The molecular formula is C16H18N2O5. The van der Waals surface area contributed by atoms with Gasteiger partial charge in [0, 0.05) is 0 Å². The molecule has 23 heavy (non-hydrogen) atoms. The maximum Gasteiger partial charge on any atom is 0.338 e. The van der Waals surface area contributed by atoms with E-state index < -0.39 is 18.0 Å². The Morgan fingerprint density at radius 1 is 1.26 bits per heavy atom. The quantitative estimate of drug-likeness (QED) is 0.816. The lowest BCUT2D eigenvalue weighted by Crippen LogP contribution is -2.30. The fourth-order valence-corrected chi connectivity index (χ4v) is 1.84. The minimum atomic E-state index is -0.974. The molecule has 122 valence electrons. The van der Waals surface area contributed by atoms with E-state index in [4.69, 9.17) is 19.7 Å². The third kappa shape index (κ3) is 4.09. The zero-order valence-corrected chi connectivity index (χ0v) is 13.2. The molecule has 1 atom stereocenters. The van der Waals surface area contributed by atoms with Gasteiger partial charge in [0.05, 0.1) is 16.8 Å². The first-order valence-electron chi connectivity index (χ1n) is 7.03. The molecule has 1 amide bonds. The van der Waals surface area contributed by atoms with Gasteiger partial charge in [-0.3, -0.25) is 4.79 Å². The summed E-state index contributed by atoms with van der Waals surface area (Å²) in [4.78, 5) is 22.7. The number of carbonyl (C=O) groups excluding carboxylic acids is 2. The van der Waals surface area contributed by atoms with E-state index in [0.29, 0.717) is 23.7 Å². The molecule has 0 spiro atoms. The van der Waals surface area contributed by atoms with Crippen molar-refractivity contribution < 1.29 is 23.6 Å². The fraction of sp³-hybridized carbons (Fsp3) is 0.312. The Morgan fingerprint density at radius 2 is 1.91 bits per heavy atom. The van der Waals surface area contributed by atoms with E-state index in [1.807, 2.05) is 13.8 Å². The SMILES string of the molecule is Cc1noc(C)c1COc1ccc(C(=O)O[C@H](C)C(N)=O)cc1. The van der Waals surface area contributed by atoms with Crippen molar-refractivity contribution in [1.29, 1.82) is 0 Å². The zero-order valence-electron chi connectivity index (χ0n) is 13.2. The Bertz CT molecular complexity index is 686. The van der Waals surface area contributed by atoms with Crippen molar-refractivity contribution in [1.82, 2.24) is 5.16 Å². The molecule has 0 aliphatic heterocycles. The summed E-state index contributed by atoms with van der Waals surface area (Å²) >= 11 is 0. The Morgan fingerprint density at radius 3 is 2.43 bits per heavy atom. The largest absolute Gasteiger partial charge is 0.489 e. The molecule has 2 aromatic rings. The second-order valence-corrected chi connectivity index (χ2v) is 5.07. The van der Waals surface area contributed by atoms with E-state index in [1.165, 1.54) is 6.92 Å². The topological polar surface area (TPSA) is 105 Å². The lowest BCUT2D eigenvalue weighted by molar-refractivity contribution is -0.125. The van der Waals surface area contributed by atoms with Crippen molar-refractivity contribution >= 4 is 11.9 Å². The maximum absolute atomic E-state index is 11.8. The average molecular weight is 318 g/mol. The van der Waals surface area contributed by atoms with Crippen LogP contribution in [0.3, 0.4) is 0 Å². The van der Waals surface area contributed by atoms with Gasteiger partial charge in [0.25, 0.3) is 5.91 Å². The number of aryl methyl sites for hydroxylation is 2. The number of amides is 1. The summed E-state index contributed by atoms with van der Waals surface area (Å²) in [6.07, 6.45) is -0.974. The normalized spacial score (nSPS) is 11.8. The Balaban J connectivity index is 1.97. The molecular weight excluding hydrogens is 300 g/mol. The van der Waals surface area contributed by atoms with E-state index in [1.54, 1.807) is 24.3 Å². The number of nitrogens with two attached hydrogens (primary N) is 1. The molecule has 1 heterocycles. The zero-order chi connectivity index (χ0) is 17.0. The highest BCUT2D eigenvalue weighted by atomic mass is 16.5. The lowest BCUT2D eigenvalue weighted by Gasteiger charge is -2.10. The summed E-state index contributed by atoms with van der Waals surface area (Å²) in [6, 6.07) is 6.39. The Hall–Kier alpha value is -2.83. The van der Waals surface area contributed by atoms with Gasteiger partial charge in [-0.15, -0.1) is 0 Å². The number of hydrogen-bond acceptors (Lipinski definition) is 6. The molecule has 0 saturated heterocycles. The van der Waals surface area contributed by atoms with E-state index in [-0.39, 0.29) is 0 Å². The van der Waals surface area contributed by atoms with Crippen LogP contribution in [0.15, 0.2) is 28.8 Å². The second kappa shape index (κ2) is 6.95. The summed E-state index contributed by atoms with van der Waals surface area (Å²) in [5.41, 5.74) is 7.03. The van der Waals surface area contributed by atoms with Crippen LogP contribution in [-0.4, -0.2) is 23.1 Å². The molecule has 0 radical (unpaired) electrons. The highest BCUT2D eigenvalue weighted by molar-refractivity contribution is 5.92. The predicted molar refractivity (Wildman–Crippen MR) is 80.8 cm³/mol. The van der Waals surface area contributed by atoms with Crippen LogP contribution in [0.5, 0.6) is 5.75 Å².